The van der Waals surface area contributed by atoms with E-state index in [1.165, 1.54) is 10.9 Å². The molecule has 0 fully saturated rings. The van der Waals surface area contributed by atoms with Gasteiger partial charge in [0, 0.05) is 23.6 Å². The normalized spacial score (nSPS) is 11.9. The van der Waals surface area contributed by atoms with Crippen LogP contribution in [-0.2, 0) is 11.2 Å². The molecule has 0 saturated carbocycles. The summed E-state index contributed by atoms with van der Waals surface area (Å²) in [7, 11) is 0. The van der Waals surface area contributed by atoms with Crippen LogP contribution < -0.4 is 11.1 Å². The van der Waals surface area contributed by atoms with E-state index in [0.29, 0.717) is 6.54 Å². The first kappa shape index (κ1) is 17.5. The van der Waals surface area contributed by atoms with Gasteiger partial charge in [0.05, 0.1) is 6.04 Å². The van der Waals surface area contributed by atoms with Gasteiger partial charge in [0.2, 0.25) is 5.91 Å². The molecule has 0 aliphatic heterocycles. The minimum absolute atomic E-state index is 0. The van der Waals surface area contributed by atoms with E-state index in [4.69, 9.17) is 5.73 Å². The number of H-pyrrole nitrogens is 1. The molecule has 0 spiro atoms. The number of nitrogens with one attached hydrogen (secondary N) is 2. The van der Waals surface area contributed by atoms with Crippen molar-refractivity contribution in [1.29, 1.82) is 0 Å². The first-order valence-corrected chi connectivity index (χ1v) is 7.30. The lowest BCUT2D eigenvalue weighted by Crippen LogP contribution is -2.40. The van der Waals surface area contributed by atoms with Gasteiger partial charge in [-0.25, -0.2) is 0 Å². The number of benzene rings is 1. The molecule has 1 unspecified atom stereocenters. The molecule has 1 aromatic carbocycles. The molecule has 0 saturated heterocycles. The number of nitrogens with two attached hydrogens (primary N) is 1. The maximum Gasteiger partial charge on any atom is 0.236 e. The van der Waals surface area contributed by atoms with Crippen molar-refractivity contribution in [3.05, 3.63) is 36.0 Å². The largest absolute Gasteiger partial charge is 0.361 e. The molecule has 2 aromatic rings. The number of carbonyl (C=O) groups excluding carboxylic acids is 1. The van der Waals surface area contributed by atoms with Gasteiger partial charge in [-0.3, -0.25) is 4.79 Å². The van der Waals surface area contributed by atoms with Crippen molar-refractivity contribution in [3.63, 3.8) is 0 Å². The predicted octanol–water partition coefficient (Wildman–Crippen LogP) is 2.77. The van der Waals surface area contributed by atoms with Gasteiger partial charge in [-0.1, -0.05) is 31.5 Å². The summed E-state index contributed by atoms with van der Waals surface area (Å²) in [6.45, 7) is 2.71. The molecule has 4 N–H and O–H groups in total. The Labute approximate surface area is 131 Å². The lowest BCUT2D eigenvalue weighted by atomic mass is 10.1. The third kappa shape index (κ3) is 4.76. The highest BCUT2D eigenvalue weighted by Crippen LogP contribution is 2.18. The number of fused-ring (bicyclic) bond motifs is 1. The van der Waals surface area contributed by atoms with E-state index in [2.05, 4.69) is 28.6 Å². The summed E-state index contributed by atoms with van der Waals surface area (Å²) >= 11 is 0. The summed E-state index contributed by atoms with van der Waals surface area (Å²) < 4.78 is 0. The van der Waals surface area contributed by atoms with E-state index in [-0.39, 0.29) is 24.4 Å². The summed E-state index contributed by atoms with van der Waals surface area (Å²) in [4.78, 5) is 14.9. The lowest BCUT2D eigenvalue weighted by molar-refractivity contribution is -0.122. The molecule has 116 valence electrons. The predicted molar refractivity (Wildman–Crippen MR) is 89.8 cm³/mol. The minimum atomic E-state index is -0.368. The van der Waals surface area contributed by atoms with Gasteiger partial charge in [0.25, 0.3) is 0 Å². The van der Waals surface area contributed by atoms with Crippen LogP contribution in [0, 0.1) is 0 Å². The number of para-hydroxylation sites is 1. The van der Waals surface area contributed by atoms with Crippen LogP contribution in [-0.4, -0.2) is 23.5 Å². The highest BCUT2D eigenvalue weighted by Gasteiger charge is 2.11. The van der Waals surface area contributed by atoms with Crippen LogP contribution in [0.1, 0.15) is 31.7 Å². The van der Waals surface area contributed by atoms with Crippen LogP contribution in [0.4, 0.5) is 0 Å². The highest BCUT2D eigenvalue weighted by atomic mass is 35.5. The molecule has 1 aromatic heterocycles. The molecule has 0 aliphatic carbocycles. The monoisotopic (exact) mass is 309 g/mol. The molecular formula is C16H24ClN3O. The van der Waals surface area contributed by atoms with E-state index in [0.717, 1.165) is 31.2 Å². The van der Waals surface area contributed by atoms with Gasteiger partial charge < -0.3 is 16.0 Å². The molecule has 0 aliphatic rings. The van der Waals surface area contributed by atoms with Crippen LogP contribution in [0.3, 0.4) is 0 Å². The van der Waals surface area contributed by atoms with Crippen molar-refractivity contribution in [2.75, 3.05) is 6.54 Å². The van der Waals surface area contributed by atoms with Gasteiger partial charge in [-0.05, 0) is 30.9 Å². The van der Waals surface area contributed by atoms with Crippen molar-refractivity contribution >= 4 is 29.2 Å². The van der Waals surface area contributed by atoms with E-state index in [1.807, 2.05) is 19.1 Å². The van der Waals surface area contributed by atoms with Gasteiger partial charge in [0.15, 0.2) is 0 Å². The molecule has 1 amide bonds. The van der Waals surface area contributed by atoms with E-state index in [9.17, 15) is 4.79 Å². The molecular weight excluding hydrogens is 286 g/mol. The minimum Gasteiger partial charge on any atom is -0.361 e. The SMILES string of the molecule is CCCC(N)C(=O)NCCCc1c[nH]c2ccccc12.Cl. The second-order valence-electron chi connectivity index (χ2n) is 5.15. The van der Waals surface area contributed by atoms with Crippen LogP contribution in [0.15, 0.2) is 30.5 Å². The Bertz CT molecular complexity index is 567. The van der Waals surface area contributed by atoms with Crippen LogP contribution >= 0.6 is 12.4 Å². The highest BCUT2D eigenvalue weighted by molar-refractivity contribution is 5.85. The molecule has 5 heteroatoms. The number of halogens is 1. The summed E-state index contributed by atoms with van der Waals surface area (Å²) in [5.41, 5.74) is 8.22. The van der Waals surface area contributed by atoms with Gasteiger partial charge >= 0.3 is 0 Å². The van der Waals surface area contributed by atoms with E-state index >= 15 is 0 Å². The Morgan fingerprint density at radius 3 is 2.90 bits per heavy atom. The smallest absolute Gasteiger partial charge is 0.236 e. The van der Waals surface area contributed by atoms with Crippen LogP contribution in [0.25, 0.3) is 10.9 Å². The van der Waals surface area contributed by atoms with Crippen molar-refractivity contribution in [2.24, 2.45) is 5.73 Å². The Balaban J connectivity index is 0.00000220. The zero-order valence-corrected chi connectivity index (χ0v) is 13.2. The average molecular weight is 310 g/mol. The molecule has 2 rings (SSSR count). The number of aromatic nitrogens is 1. The van der Waals surface area contributed by atoms with Crippen molar-refractivity contribution in [1.82, 2.24) is 10.3 Å². The summed E-state index contributed by atoms with van der Waals surface area (Å²) in [5.74, 6) is -0.0363. The van der Waals surface area contributed by atoms with Gasteiger partial charge in [-0.2, -0.15) is 0 Å². The summed E-state index contributed by atoms with van der Waals surface area (Å²) in [6.07, 6.45) is 5.60. The van der Waals surface area contributed by atoms with E-state index < -0.39 is 0 Å². The Morgan fingerprint density at radius 1 is 1.38 bits per heavy atom. The summed E-state index contributed by atoms with van der Waals surface area (Å²) in [6, 6.07) is 7.90. The van der Waals surface area contributed by atoms with Crippen molar-refractivity contribution < 1.29 is 4.79 Å². The summed E-state index contributed by atoms with van der Waals surface area (Å²) in [5, 5.41) is 4.17. The van der Waals surface area contributed by atoms with E-state index in [1.54, 1.807) is 0 Å². The number of rotatable bonds is 7. The average Bonchev–Trinajstić information content (AvgIpc) is 2.87. The van der Waals surface area contributed by atoms with Gasteiger partial charge in [-0.15, -0.1) is 12.4 Å². The maximum atomic E-state index is 11.7. The standard InChI is InChI=1S/C16H23N3O.ClH/c1-2-6-14(17)16(20)18-10-5-7-12-11-19-15-9-4-3-8-13(12)15;/h3-4,8-9,11,14,19H,2,5-7,10,17H2,1H3,(H,18,20);1H. The Hall–Kier alpha value is -1.52. The number of amides is 1. The quantitative estimate of drug-likeness (QED) is 0.688. The lowest BCUT2D eigenvalue weighted by Gasteiger charge is -2.10. The number of aromatic amines is 1. The fourth-order valence-electron chi connectivity index (χ4n) is 2.40. The molecule has 1 atom stereocenters. The maximum absolute atomic E-state index is 11.7. The van der Waals surface area contributed by atoms with Crippen LogP contribution in [0.2, 0.25) is 0 Å². The Morgan fingerprint density at radius 2 is 2.14 bits per heavy atom. The fourth-order valence-corrected chi connectivity index (χ4v) is 2.40. The van der Waals surface area contributed by atoms with Crippen molar-refractivity contribution in [3.8, 4) is 0 Å². The third-order valence-electron chi connectivity index (χ3n) is 3.53. The molecule has 21 heavy (non-hydrogen) atoms. The zero-order chi connectivity index (χ0) is 14.4. The first-order valence-electron chi connectivity index (χ1n) is 7.30. The van der Waals surface area contributed by atoms with Crippen LogP contribution in [0.5, 0.6) is 0 Å². The molecule has 0 radical (unpaired) electrons. The first-order chi connectivity index (χ1) is 9.72. The Kier molecular flexibility index (Phi) is 7.26. The number of carbonyl (C=O) groups is 1. The third-order valence-corrected chi connectivity index (χ3v) is 3.53. The molecule has 1 heterocycles. The zero-order valence-electron chi connectivity index (χ0n) is 12.4. The molecule has 4 nitrogen and oxygen atoms in total. The number of hydrogen-bond acceptors (Lipinski definition) is 2. The second kappa shape index (κ2) is 8.70. The molecule has 0 bridgehead atoms. The second-order valence-corrected chi connectivity index (χ2v) is 5.15. The fraction of sp³-hybridized carbons (Fsp3) is 0.438. The number of hydrogen-bond donors (Lipinski definition) is 3. The van der Waals surface area contributed by atoms with Crippen molar-refractivity contribution in [2.45, 2.75) is 38.6 Å². The topological polar surface area (TPSA) is 70.9 Å². The van der Waals surface area contributed by atoms with Gasteiger partial charge in [0.1, 0.15) is 0 Å². The number of aryl methyl sites for hydroxylation is 1.